The van der Waals surface area contributed by atoms with Gasteiger partial charge in [0.2, 0.25) is 0 Å². The number of rotatable bonds is 3. The Morgan fingerprint density at radius 2 is 1.76 bits per heavy atom. The quantitative estimate of drug-likeness (QED) is 0.863. The number of halogens is 2. The van der Waals surface area contributed by atoms with Crippen LogP contribution in [0.1, 0.15) is 11.1 Å². The number of anilines is 1. The average Bonchev–Trinajstić information content (AvgIpc) is 2.63. The Hall–Kier alpha value is -1.91. The molecule has 2 aromatic rings. The highest BCUT2D eigenvalue weighted by Crippen LogP contribution is 2.27. The lowest BCUT2D eigenvalue weighted by molar-refractivity contribution is 0.194. The SMILES string of the molecule is Cc1ccccc1CNC(=O)N1CCN(c2ccc(Cl)c(Cl)c2)CC1. The van der Waals surface area contributed by atoms with Gasteiger partial charge in [-0.3, -0.25) is 0 Å². The van der Waals surface area contributed by atoms with Crippen LogP contribution in [0.25, 0.3) is 0 Å². The number of urea groups is 1. The summed E-state index contributed by atoms with van der Waals surface area (Å²) in [4.78, 5) is 16.5. The molecule has 0 saturated carbocycles. The molecule has 0 aliphatic carbocycles. The molecular weight excluding hydrogens is 357 g/mol. The van der Waals surface area contributed by atoms with Gasteiger partial charge in [-0.2, -0.15) is 0 Å². The zero-order valence-electron chi connectivity index (χ0n) is 14.1. The molecule has 0 spiro atoms. The van der Waals surface area contributed by atoms with Gasteiger partial charge in [0.05, 0.1) is 10.0 Å². The maximum Gasteiger partial charge on any atom is 0.317 e. The van der Waals surface area contributed by atoms with E-state index in [1.54, 1.807) is 6.07 Å². The summed E-state index contributed by atoms with van der Waals surface area (Å²) in [6.45, 7) is 5.52. The summed E-state index contributed by atoms with van der Waals surface area (Å²) in [6.07, 6.45) is 0. The molecule has 6 heteroatoms. The molecule has 4 nitrogen and oxygen atoms in total. The molecule has 1 N–H and O–H groups in total. The van der Waals surface area contributed by atoms with Gasteiger partial charge in [0.15, 0.2) is 0 Å². The molecule has 0 unspecified atom stereocenters. The van der Waals surface area contributed by atoms with Crippen molar-refractivity contribution < 1.29 is 4.79 Å². The van der Waals surface area contributed by atoms with Crippen LogP contribution >= 0.6 is 23.2 Å². The molecule has 3 rings (SSSR count). The summed E-state index contributed by atoms with van der Waals surface area (Å²) in [5.41, 5.74) is 3.37. The fourth-order valence-electron chi connectivity index (χ4n) is 2.94. The molecule has 0 aromatic heterocycles. The summed E-state index contributed by atoms with van der Waals surface area (Å²) < 4.78 is 0. The lowest BCUT2D eigenvalue weighted by Crippen LogP contribution is -2.51. The lowest BCUT2D eigenvalue weighted by Gasteiger charge is -2.36. The molecule has 0 bridgehead atoms. The zero-order valence-corrected chi connectivity index (χ0v) is 15.6. The van der Waals surface area contributed by atoms with Gasteiger partial charge in [-0.1, -0.05) is 47.5 Å². The van der Waals surface area contributed by atoms with Crippen molar-refractivity contribution >= 4 is 34.9 Å². The van der Waals surface area contributed by atoms with E-state index in [4.69, 9.17) is 23.2 Å². The summed E-state index contributed by atoms with van der Waals surface area (Å²) in [7, 11) is 0. The van der Waals surface area contributed by atoms with Gasteiger partial charge in [0.1, 0.15) is 0 Å². The molecule has 0 atom stereocenters. The van der Waals surface area contributed by atoms with Crippen molar-refractivity contribution in [1.82, 2.24) is 10.2 Å². The Morgan fingerprint density at radius 3 is 2.44 bits per heavy atom. The lowest BCUT2D eigenvalue weighted by atomic mass is 10.1. The smallest absolute Gasteiger partial charge is 0.317 e. The van der Waals surface area contributed by atoms with Crippen molar-refractivity contribution in [3.63, 3.8) is 0 Å². The minimum atomic E-state index is -0.0166. The van der Waals surface area contributed by atoms with Crippen molar-refractivity contribution in [1.29, 1.82) is 0 Å². The van der Waals surface area contributed by atoms with E-state index >= 15 is 0 Å². The molecule has 132 valence electrons. The van der Waals surface area contributed by atoms with E-state index in [9.17, 15) is 4.79 Å². The number of hydrogen-bond acceptors (Lipinski definition) is 2. The molecule has 1 aliphatic rings. The summed E-state index contributed by atoms with van der Waals surface area (Å²) in [5.74, 6) is 0. The van der Waals surface area contributed by atoms with Crippen LogP contribution in [0.5, 0.6) is 0 Å². The standard InChI is InChI=1S/C19H21Cl2N3O/c1-14-4-2-3-5-15(14)13-22-19(25)24-10-8-23(9-11-24)16-6-7-17(20)18(21)12-16/h2-7,12H,8-11,13H2,1H3,(H,22,25). The Balaban J connectivity index is 1.52. The summed E-state index contributed by atoms with van der Waals surface area (Å²) >= 11 is 12.1. The highest BCUT2D eigenvalue weighted by Gasteiger charge is 2.21. The first-order chi connectivity index (χ1) is 12.0. The van der Waals surface area contributed by atoms with Gasteiger partial charge >= 0.3 is 6.03 Å². The first-order valence-corrected chi connectivity index (χ1v) is 9.07. The third-order valence-electron chi connectivity index (χ3n) is 4.53. The van der Waals surface area contributed by atoms with E-state index in [1.807, 2.05) is 35.2 Å². The monoisotopic (exact) mass is 377 g/mol. The van der Waals surface area contributed by atoms with E-state index in [0.29, 0.717) is 29.7 Å². The topological polar surface area (TPSA) is 35.6 Å². The van der Waals surface area contributed by atoms with E-state index in [0.717, 1.165) is 24.3 Å². The molecule has 1 fully saturated rings. The molecular formula is C19H21Cl2N3O. The minimum Gasteiger partial charge on any atom is -0.368 e. The van der Waals surface area contributed by atoms with Gasteiger partial charge in [0.25, 0.3) is 0 Å². The van der Waals surface area contributed by atoms with Gasteiger partial charge in [-0.25, -0.2) is 4.79 Å². The highest BCUT2D eigenvalue weighted by molar-refractivity contribution is 6.42. The Morgan fingerprint density at radius 1 is 1.04 bits per heavy atom. The van der Waals surface area contributed by atoms with Crippen LogP contribution in [0.15, 0.2) is 42.5 Å². The number of nitrogens with zero attached hydrogens (tertiary/aromatic N) is 2. The first kappa shape index (κ1) is 17.9. The number of amides is 2. The summed E-state index contributed by atoms with van der Waals surface area (Å²) in [6, 6.07) is 13.7. The number of piperazine rings is 1. The summed E-state index contributed by atoms with van der Waals surface area (Å²) in [5, 5.41) is 4.12. The van der Waals surface area contributed by atoms with Crippen molar-refractivity contribution in [2.75, 3.05) is 31.1 Å². The molecule has 0 radical (unpaired) electrons. The maximum absolute atomic E-state index is 12.4. The molecule has 1 heterocycles. The van der Waals surface area contributed by atoms with Gasteiger partial charge < -0.3 is 15.1 Å². The highest BCUT2D eigenvalue weighted by atomic mass is 35.5. The van der Waals surface area contributed by atoms with Gasteiger partial charge in [-0.05, 0) is 36.2 Å². The molecule has 1 aliphatic heterocycles. The predicted molar refractivity (Wildman–Crippen MR) is 104 cm³/mol. The minimum absolute atomic E-state index is 0.0166. The van der Waals surface area contributed by atoms with Gasteiger partial charge in [-0.15, -0.1) is 0 Å². The van der Waals surface area contributed by atoms with Gasteiger partial charge in [0, 0.05) is 38.4 Å². The van der Waals surface area contributed by atoms with Crippen LogP contribution in [0, 0.1) is 6.92 Å². The van der Waals surface area contributed by atoms with Crippen LogP contribution in [-0.2, 0) is 6.54 Å². The van der Waals surface area contributed by atoms with Crippen LogP contribution < -0.4 is 10.2 Å². The second kappa shape index (κ2) is 7.98. The molecule has 2 aromatic carbocycles. The van der Waals surface area contributed by atoms with Crippen molar-refractivity contribution in [2.24, 2.45) is 0 Å². The van der Waals surface area contributed by atoms with Crippen LogP contribution in [-0.4, -0.2) is 37.1 Å². The molecule has 1 saturated heterocycles. The number of carbonyl (C=O) groups excluding carboxylic acids is 1. The average molecular weight is 378 g/mol. The van der Waals surface area contributed by atoms with Crippen LogP contribution in [0.3, 0.4) is 0 Å². The molecule has 25 heavy (non-hydrogen) atoms. The number of nitrogens with one attached hydrogen (secondary N) is 1. The second-order valence-corrected chi connectivity index (χ2v) is 6.97. The second-order valence-electron chi connectivity index (χ2n) is 6.16. The van der Waals surface area contributed by atoms with E-state index in [2.05, 4.69) is 23.2 Å². The van der Waals surface area contributed by atoms with Crippen molar-refractivity contribution in [2.45, 2.75) is 13.5 Å². The predicted octanol–water partition coefficient (Wildman–Crippen LogP) is 4.33. The number of aryl methyl sites for hydroxylation is 1. The van der Waals surface area contributed by atoms with E-state index in [-0.39, 0.29) is 6.03 Å². The van der Waals surface area contributed by atoms with E-state index < -0.39 is 0 Å². The normalized spacial score (nSPS) is 14.5. The Kier molecular flexibility index (Phi) is 5.71. The zero-order chi connectivity index (χ0) is 17.8. The van der Waals surface area contributed by atoms with Crippen LogP contribution in [0.4, 0.5) is 10.5 Å². The number of benzene rings is 2. The number of hydrogen-bond donors (Lipinski definition) is 1. The van der Waals surface area contributed by atoms with Crippen LogP contribution in [0.2, 0.25) is 10.0 Å². The Bertz CT molecular complexity index is 758. The van der Waals surface area contributed by atoms with Crippen molar-refractivity contribution in [3.8, 4) is 0 Å². The fourth-order valence-corrected chi connectivity index (χ4v) is 3.23. The first-order valence-electron chi connectivity index (χ1n) is 8.32. The molecule has 2 amide bonds. The third-order valence-corrected chi connectivity index (χ3v) is 5.27. The Labute approximate surface area is 158 Å². The van der Waals surface area contributed by atoms with E-state index in [1.165, 1.54) is 5.56 Å². The largest absolute Gasteiger partial charge is 0.368 e. The number of carbonyl (C=O) groups is 1. The van der Waals surface area contributed by atoms with Crippen molar-refractivity contribution in [3.05, 3.63) is 63.6 Å². The third kappa shape index (κ3) is 4.39. The fraction of sp³-hybridized carbons (Fsp3) is 0.316. The maximum atomic E-state index is 12.4.